The molecule has 1 atom stereocenters. The molecule has 1 unspecified atom stereocenters. The minimum Gasteiger partial charge on any atom is -0.497 e. The third-order valence-corrected chi connectivity index (χ3v) is 7.29. The number of anilines is 2. The van der Waals surface area contributed by atoms with Crippen LogP contribution in [0.1, 0.15) is 48.1 Å². The van der Waals surface area contributed by atoms with Crippen molar-refractivity contribution in [3.05, 3.63) is 40.4 Å². The number of nitrogens with zero attached hydrogens (tertiary/aromatic N) is 1. The molecule has 31 heavy (non-hydrogen) atoms. The Bertz CT molecular complexity index is 1150. The molecule has 0 aliphatic heterocycles. The monoisotopic (exact) mass is 439 g/mol. The summed E-state index contributed by atoms with van der Waals surface area (Å²) in [5.74, 6) is 1.52. The van der Waals surface area contributed by atoms with E-state index >= 15 is 0 Å². The molecule has 1 aromatic carbocycles. The van der Waals surface area contributed by atoms with Crippen molar-refractivity contribution in [2.24, 2.45) is 11.3 Å². The molecule has 1 aliphatic carbocycles. The van der Waals surface area contributed by atoms with Crippen molar-refractivity contribution < 1.29 is 14.3 Å². The fourth-order valence-corrected chi connectivity index (χ4v) is 5.17. The van der Waals surface area contributed by atoms with Crippen LogP contribution >= 0.6 is 11.3 Å². The number of hydrogen-bond acceptors (Lipinski definition) is 6. The van der Waals surface area contributed by atoms with Crippen molar-refractivity contribution in [1.29, 1.82) is 0 Å². The Kier molecular flexibility index (Phi) is 5.56. The number of carbonyl (C=O) groups excluding carboxylic acids is 1. The van der Waals surface area contributed by atoms with Gasteiger partial charge in [-0.25, -0.2) is 4.98 Å². The fraction of sp³-hybridized carbons (Fsp3) is 0.417. The predicted molar refractivity (Wildman–Crippen MR) is 127 cm³/mol. The van der Waals surface area contributed by atoms with Crippen molar-refractivity contribution in [3.63, 3.8) is 0 Å². The van der Waals surface area contributed by atoms with Crippen molar-refractivity contribution >= 4 is 38.8 Å². The third-order valence-electron chi connectivity index (χ3n) is 6.17. The van der Waals surface area contributed by atoms with Crippen LogP contribution in [0.2, 0.25) is 0 Å². The van der Waals surface area contributed by atoms with E-state index in [4.69, 9.17) is 20.2 Å². The van der Waals surface area contributed by atoms with E-state index in [-0.39, 0.29) is 11.3 Å². The third kappa shape index (κ3) is 4.06. The van der Waals surface area contributed by atoms with Crippen molar-refractivity contribution in [2.75, 3.05) is 25.3 Å². The summed E-state index contributed by atoms with van der Waals surface area (Å²) in [6.45, 7) is 6.89. The van der Waals surface area contributed by atoms with Gasteiger partial charge in [0.05, 0.1) is 25.6 Å². The maximum atomic E-state index is 13.0. The summed E-state index contributed by atoms with van der Waals surface area (Å²) in [7, 11) is 3.14. The van der Waals surface area contributed by atoms with Gasteiger partial charge in [-0.1, -0.05) is 20.8 Å². The molecule has 164 valence electrons. The number of thiophene rings is 1. The molecule has 6 nitrogen and oxygen atoms in total. The van der Waals surface area contributed by atoms with Crippen LogP contribution in [0.15, 0.2) is 24.3 Å². The average molecular weight is 440 g/mol. The molecule has 0 radical (unpaired) electrons. The maximum Gasteiger partial charge on any atom is 0.268 e. The van der Waals surface area contributed by atoms with Crippen LogP contribution in [0, 0.1) is 11.3 Å². The van der Waals surface area contributed by atoms with E-state index in [1.54, 1.807) is 32.4 Å². The summed E-state index contributed by atoms with van der Waals surface area (Å²) in [5.41, 5.74) is 10.1. The second-order valence-electron chi connectivity index (χ2n) is 9.12. The Morgan fingerprint density at radius 3 is 2.68 bits per heavy atom. The van der Waals surface area contributed by atoms with Gasteiger partial charge in [0, 0.05) is 17.1 Å². The number of aromatic nitrogens is 1. The van der Waals surface area contributed by atoms with Crippen molar-refractivity contribution in [1.82, 2.24) is 4.98 Å². The molecule has 0 spiro atoms. The summed E-state index contributed by atoms with van der Waals surface area (Å²) in [5, 5.41) is 3.78. The van der Waals surface area contributed by atoms with E-state index in [9.17, 15) is 4.79 Å². The van der Waals surface area contributed by atoms with Gasteiger partial charge >= 0.3 is 0 Å². The minimum atomic E-state index is -0.269. The standard InChI is InChI=1S/C24H29N3O3S/c1-24(2,3)14-6-8-17-13(10-14)11-16-20(25)21(31-23(16)27-17)22(28)26-18-9-7-15(29-4)12-19(18)30-5/h7,9,11-12,14H,6,8,10,25H2,1-5H3,(H,26,28). The van der Waals surface area contributed by atoms with Gasteiger partial charge < -0.3 is 20.5 Å². The Balaban J connectivity index is 1.65. The summed E-state index contributed by atoms with van der Waals surface area (Å²) in [6, 6.07) is 7.40. The Hall–Kier alpha value is -2.80. The molecule has 2 aromatic heterocycles. The number of ether oxygens (including phenoxy) is 2. The number of amides is 1. The van der Waals surface area contributed by atoms with Gasteiger partial charge in [0.25, 0.3) is 5.91 Å². The molecule has 2 heterocycles. The van der Waals surface area contributed by atoms with Gasteiger partial charge in [-0.2, -0.15) is 0 Å². The van der Waals surface area contributed by atoms with Crippen molar-refractivity contribution in [3.8, 4) is 11.5 Å². The highest BCUT2D eigenvalue weighted by atomic mass is 32.1. The highest BCUT2D eigenvalue weighted by molar-refractivity contribution is 7.21. The van der Waals surface area contributed by atoms with E-state index < -0.39 is 0 Å². The molecule has 3 aromatic rings. The zero-order valence-corrected chi connectivity index (χ0v) is 19.5. The zero-order valence-electron chi connectivity index (χ0n) is 18.7. The van der Waals surface area contributed by atoms with Crippen LogP contribution in [0.5, 0.6) is 11.5 Å². The van der Waals surface area contributed by atoms with Gasteiger partial charge in [0.2, 0.25) is 0 Å². The molecule has 0 bridgehead atoms. The molecule has 0 saturated heterocycles. The van der Waals surface area contributed by atoms with Crippen LogP contribution in [0.25, 0.3) is 10.2 Å². The van der Waals surface area contributed by atoms with E-state index in [1.807, 2.05) is 0 Å². The number of hydrogen-bond donors (Lipinski definition) is 2. The quantitative estimate of drug-likeness (QED) is 0.576. The van der Waals surface area contributed by atoms with Crippen LogP contribution in [0.3, 0.4) is 0 Å². The summed E-state index contributed by atoms with van der Waals surface area (Å²) in [6.07, 6.45) is 3.11. The first-order chi connectivity index (χ1) is 14.7. The van der Waals surface area contributed by atoms with Crippen LogP contribution in [-0.4, -0.2) is 25.1 Å². The number of carbonyl (C=O) groups is 1. The van der Waals surface area contributed by atoms with Crippen molar-refractivity contribution in [2.45, 2.75) is 40.0 Å². The maximum absolute atomic E-state index is 13.0. The first kappa shape index (κ1) is 21.4. The molecule has 4 rings (SSSR count). The van der Waals surface area contributed by atoms with Gasteiger partial charge in [-0.05, 0) is 54.4 Å². The van der Waals surface area contributed by atoms with E-state index in [1.165, 1.54) is 16.9 Å². The number of fused-ring (bicyclic) bond motifs is 2. The summed E-state index contributed by atoms with van der Waals surface area (Å²) in [4.78, 5) is 19.2. The predicted octanol–water partition coefficient (Wildman–Crippen LogP) is 5.30. The second kappa shape index (κ2) is 8.04. The zero-order chi connectivity index (χ0) is 22.3. The van der Waals surface area contributed by atoms with Crippen LogP contribution in [0.4, 0.5) is 11.4 Å². The highest BCUT2D eigenvalue weighted by Crippen LogP contribution is 2.41. The normalized spacial score (nSPS) is 16.1. The van der Waals surface area contributed by atoms with Gasteiger partial charge in [0.15, 0.2) is 0 Å². The SMILES string of the molecule is COc1ccc(NC(=O)c2sc3nc4c(cc3c2N)CC(C(C)(C)C)CC4)c(OC)c1. The number of benzene rings is 1. The molecule has 1 aliphatic rings. The lowest BCUT2D eigenvalue weighted by Gasteiger charge is -2.34. The Labute approximate surface area is 186 Å². The Morgan fingerprint density at radius 2 is 2.00 bits per heavy atom. The van der Waals surface area contributed by atoms with Crippen LogP contribution < -0.4 is 20.5 Å². The van der Waals surface area contributed by atoms with Gasteiger partial charge in [-0.15, -0.1) is 11.3 Å². The molecular weight excluding hydrogens is 410 g/mol. The summed E-state index contributed by atoms with van der Waals surface area (Å²) >= 11 is 1.34. The Morgan fingerprint density at radius 1 is 1.23 bits per heavy atom. The van der Waals surface area contributed by atoms with Crippen LogP contribution in [-0.2, 0) is 12.8 Å². The number of nitrogen functional groups attached to an aromatic ring is 1. The minimum absolute atomic E-state index is 0.259. The summed E-state index contributed by atoms with van der Waals surface area (Å²) < 4.78 is 10.6. The first-order valence-corrected chi connectivity index (χ1v) is 11.3. The molecule has 0 fully saturated rings. The molecular formula is C24H29N3O3S. The highest BCUT2D eigenvalue weighted by Gasteiger charge is 2.30. The first-order valence-electron chi connectivity index (χ1n) is 10.5. The second-order valence-corrected chi connectivity index (χ2v) is 10.1. The lowest BCUT2D eigenvalue weighted by molar-refractivity contribution is 0.103. The number of methoxy groups -OCH3 is 2. The number of nitrogens with one attached hydrogen (secondary N) is 1. The number of nitrogens with two attached hydrogens (primary N) is 1. The lowest BCUT2D eigenvalue weighted by Crippen LogP contribution is -2.27. The number of pyridine rings is 1. The fourth-order valence-electron chi connectivity index (χ4n) is 4.18. The average Bonchev–Trinajstić information content (AvgIpc) is 3.07. The topological polar surface area (TPSA) is 86.5 Å². The van der Waals surface area contributed by atoms with Gasteiger partial charge in [0.1, 0.15) is 21.2 Å². The smallest absolute Gasteiger partial charge is 0.268 e. The number of aryl methyl sites for hydroxylation is 1. The van der Waals surface area contributed by atoms with E-state index in [0.29, 0.717) is 33.7 Å². The lowest BCUT2D eigenvalue weighted by atomic mass is 9.71. The molecule has 3 N–H and O–H groups in total. The molecule has 0 saturated carbocycles. The van der Waals surface area contributed by atoms with E-state index in [2.05, 4.69) is 32.2 Å². The van der Waals surface area contributed by atoms with Gasteiger partial charge in [-0.3, -0.25) is 4.79 Å². The largest absolute Gasteiger partial charge is 0.497 e. The molecule has 7 heteroatoms. The number of rotatable bonds is 4. The molecule has 1 amide bonds. The van der Waals surface area contributed by atoms with E-state index in [0.717, 1.165) is 35.2 Å².